The van der Waals surface area contributed by atoms with E-state index in [4.69, 9.17) is 0 Å². The number of aromatic nitrogens is 5. The van der Waals surface area contributed by atoms with Gasteiger partial charge in [-0.2, -0.15) is 4.37 Å². The normalized spacial score (nSPS) is 18.9. The van der Waals surface area contributed by atoms with Crippen LogP contribution in [0, 0.1) is 6.92 Å². The Hall–Kier alpha value is -1.83. The van der Waals surface area contributed by atoms with Crippen LogP contribution in [0.4, 0.5) is 0 Å². The lowest BCUT2D eigenvalue weighted by Gasteiger charge is -2.20. The Balaban J connectivity index is 2.11. The Bertz CT molecular complexity index is 588. The van der Waals surface area contributed by atoms with Crippen LogP contribution >= 0.6 is 11.5 Å². The predicted molar refractivity (Wildman–Crippen MR) is 60.2 cm³/mol. The van der Waals surface area contributed by atoms with Crippen LogP contribution in [-0.2, 0) is 11.3 Å². The van der Waals surface area contributed by atoms with Crippen molar-refractivity contribution >= 4 is 17.4 Å². The van der Waals surface area contributed by atoms with Crippen molar-refractivity contribution in [2.45, 2.75) is 26.4 Å². The van der Waals surface area contributed by atoms with Gasteiger partial charge in [0.2, 0.25) is 5.91 Å². The standard InChI is InChI=1S/C9H10N6OS/c1-4-7-12-13-8(9-11-5(2)14-17-9)15(7)3-6(16)10-4/h4H,3H2,1-2H3,(H,10,16)/t4-/m1/s1. The van der Waals surface area contributed by atoms with Crippen molar-refractivity contribution < 1.29 is 4.79 Å². The molecule has 0 saturated heterocycles. The third-order valence-corrected chi connectivity index (χ3v) is 3.37. The summed E-state index contributed by atoms with van der Waals surface area (Å²) in [6, 6.07) is -0.119. The van der Waals surface area contributed by atoms with Crippen molar-refractivity contribution in [2.24, 2.45) is 0 Å². The van der Waals surface area contributed by atoms with Crippen LogP contribution in [0.5, 0.6) is 0 Å². The number of amides is 1. The van der Waals surface area contributed by atoms with E-state index in [0.717, 1.165) is 5.82 Å². The summed E-state index contributed by atoms with van der Waals surface area (Å²) in [4.78, 5) is 15.8. The second-order valence-electron chi connectivity index (χ2n) is 3.90. The van der Waals surface area contributed by atoms with E-state index in [1.54, 1.807) is 4.57 Å². The fourth-order valence-corrected chi connectivity index (χ4v) is 2.50. The summed E-state index contributed by atoms with van der Waals surface area (Å²) >= 11 is 1.27. The molecule has 1 N–H and O–H groups in total. The van der Waals surface area contributed by atoms with Crippen molar-refractivity contribution in [3.05, 3.63) is 11.6 Å². The van der Waals surface area contributed by atoms with E-state index >= 15 is 0 Å². The van der Waals surface area contributed by atoms with E-state index in [9.17, 15) is 4.79 Å². The van der Waals surface area contributed by atoms with Gasteiger partial charge in [0.15, 0.2) is 16.7 Å². The fraction of sp³-hybridized carbons (Fsp3) is 0.444. The second kappa shape index (κ2) is 3.59. The number of nitrogens with one attached hydrogen (secondary N) is 1. The molecule has 0 saturated carbocycles. The smallest absolute Gasteiger partial charge is 0.240 e. The topological polar surface area (TPSA) is 85.6 Å². The first-order chi connectivity index (χ1) is 8.15. The zero-order valence-electron chi connectivity index (χ0n) is 9.34. The van der Waals surface area contributed by atoms with Gasteiger partial charge in [0.25, 0.3) is 0 Å². The van der Waals surface area contributed by atoms with Crippen LogP contribution in [0.25, 0.3) is 10.8 Å². The molecular formula is C9H10N6OS. The monoisotopic (exact) mass is 250 g/mol. The molecule has 0 spiro atoms. The van der Waals surface area contributed by atoms with Gasteiger partial charge in [-0.15, -0.1) is 10.2 Å². The third-order valence-electron chi connectivity index (χ3n) is 2.56. The molecular weight excluding hydrogens is 240 g/mol. The summed E-state index contributed by atoms with van der Waals surface area (Å²) < 4.78 is 5.90. The highest BCUT2D eigenvalue weighted by Gasteiger charge is 2.27. The molecule has 2 aromatic rings. The maximum atomic E-state index is 11.5. The maximum Gasteiger partial charge on any atom is 0.240 e. The molecule has 3 rings (SSSR count). The molecule has 2 aromatic heterocycles. The summed E-state index contributed by atoms with van der Waals surface area (Å²) in [6.45, 7) is 3.94. The number of nitrogens with zero attached hydrogens (tertiary/aromatic N) is 5. The van der Waals surface area contributed by atoms with E-state index in [1.165, 1.54) is 11.5 Å². The largest absolute Gasteiger partial charge is 0.345 e. The first kappa shape index (κ1) is 10.3. The third kappa shape index (κ3) is 1.60. The van der Waals surface area contributed by atoms with Gasteiger partial charge in [0.05, 0.1) is 6.04 Å². The van der Waals surface area contributed by atoms with Gasteiger partial charge >= 0.3 is 0 Å². The van der Waals surface area contributed by atoms with Gasteiger partial charge in [-0.3, -0.25) is 9.36 Å². The number of aryl methyl sites for hydroxylation is 1. The van der Waals surface area contributed by atoms with Crippen LogP contribution in [-0.4, -0.2) is 30.0 Å². The summed E-state index contributed by atoms with van der Waals surface area (Å²) in [5, 5.41) is 11.7. The van der Waals surface area contributed by atoms with Gasteiger partial charge in [0, 0.05) is 0 Å². The van der Waals surface area contributed by atoms with E-state index < -0.39 is 0 Å². The molecule has 17 heavy (non-hydrogen) atoms. The lowest BCUT2D eigenvalue weighted by Crippen LogP contribution is -2.37. The van der Waals surface area contributed by atoms with E-state index in [-0.39, 0.29) is 18.5 Å². The molecule has 1 amide bonds. The molecule has 1 aliphatic heterocycles. The molecule has 0 bridgehead atoms. The van der Waals surface area contributed by atoms with Gasteiger partial charge in [-0.25, -0.2) is 4.98 Å². The zero-order chi connectivity index (χ0) is 12.0. The lowest BCUT2D eigenvalue weighted by molar-refractivity contribution is -0.123. The Morgan fingerprint density at radius 2 is 2.29 bits per heavy atom. The summed E-state index contributed by atoms with van der Waals surface area (Å²) in [5.74, 6) is 2.04. The van der Waals surface area contributed by atoms with Crippen LogP contribution in [0.2, 0.25) is 0 Å². The molecule has 3 heterocycles. The number of hydrogen-bond acceptors (Lipinski definition) is 6. The highest BCUT2D eigenvalue weighted by molar-refractivity contribution is 7.09. The van der Waals surface area contributed by atoms with E-state index in [0.29, 0.717) is 16.7 Å². The Kier molecular flexibility index (Phi) is 2.18. The SMILES string of the molecule is Cc1nsc(-c2nnc3n2CC(=O)N[C@@H]3C)n1. The van der Waals surface area contributed by atoms with Crippen molar-refractivity contribution in [2.75, 3.05) is 0 Å². The molecule has 0 radical (unpaired) electrons. The molecule has 7 nitrogen and oxygen atoms in total. The minimum atomic E-state index is -0.119. The first-order valence-electron chi connectivity index (χ1n) is 5.18. The summed E-state index contributed by atoms with van der Waals surface area (Å²) in [6.07, 6.45) is 0. The Labute approximate surface area is 101 Å². The molecule has 0 aromatic carbocycles. The van der Waals surface area contributed by atoms with Gasteiger partial charge in [0.1, 0.15) is 12.4 Å². The van der Waals surface area contributed by atoms with Gasteiger partial charge in [-0.1, -0.05) is 0 Å². The van der Waals surface area contributed by atoms with E-state index in [2.05, 4.69) is 24.9 Å². The lowest BCUT2D eigenvalue weighted by atomic mass is 10.2. The van der Waals surface area contributed by atoms with Crippen LogP contribution in [0.15, 0.2) is 0 Å². The Morgan fingerprint density at radius 1 is 1.47 bits per heavy atom. The van der Waals surface area contributed by atoms with Crippen molar-refractivity contribution in [1.29, 1.82) is 0 Å². The van der Waals surface area contributed by atoms with Crippen molar-refractivity contribution in [3.63, 3.8) is 0 Å². The molecule has 1 aliphatic rings. The molecule has 1 atom stereocenters. The number of rotatable bonds is 1. The Morgan fingerprint density at radius 3 is 3.00 bits per heavy atom. The molecule has 0 unspecified atom stereocenters. The highest BCUT2D eigenvalue weighted by Crippen LogP contribution is 2.24. The summed E-state index contributed by atoms with van der Waals surface area (Å²) in [7, 11) is 0. The number of carbonyl (C=O) groups excluding carboxylic acids is 1. The van der Waals surface area contributed by atoms with Crippen molar-refractivity contribution in [3.8, 4) is 10.8 Å². The number of fused-ring (bicyclic) bond motifs is 1. The highest BCUT2D eigenvalue weighted by atomic mass is 32.1. The predicted octanol–water partition coefficient (Wildman–Crippen LogP) is 0.296. The molecule has 88 valence electrons. The van der Waals surface area contributed by atoms with Gasteiger partial charge < -0.3 is 5.32 Å². The molecule has 0 aliphatic carbocycles. The van der Waals surface area contributed by atoms with Crippen molar-refractivity contribution in [1.82, 2.24) is 29.4 Å². The fourth-order valence-electron chi connectivity index (χ4n) is 1.83. The van der Waals surface area contributed by atoms with Crippen LogP contribution < -0.4 is 5.32 Å². The number of hydrogen-bond donors (Lipinski definition) is 1. The second-order valence-corrected chi connectivity index (χ2v) is 4.66. The summed E-state index contributed by atoms with van der Waals surface area (Å²) in [5.41, 5.74) is 0. The van der Waals surface area contributed by atoms with Crippen LogP contribution in [0.1, 0.15) is 24.6 Å². The minimum Gasteiger partial charge on any atom is -0.345 e. The van der Waals surface area contributed by atoms with Crippen LogP contribution in [0.3, 0.4) is 0 Å². The minimum absolute atomic E-state index is 0.0349. The average Bonchev–Trinajstić information content (AvgIpc) is 2.83. The molecule has 0 fully saturated rings. The maximum absolute atomic E-state index is 11.5. The quantitative estimate of drug-likeness (QED) is 0.786. The average molecular weight is 250 g/mol. The van der Waals surface area contributed by atoms with Gasteiger partial charge in [-0.05, 0) is 25.4 Å². The molecule has 8 heteroatoms. The zero-order valence-corrected chi connectivity index (χ0v) is 10.2. The first-order valence-corrected chi connectivity index (χ1v) is 5.95. The van der Waals surface area contributed by atoms with E-state index in [1.807, 2.05) is 13.8 Å². The number of carbonyl (C=O) groups is 1.